The summed E-state index contributed by atoms with van der Waals surface area (Å²) < 4.78 is 0. The second kappa shape index (κ2) is 8.67. The van der Waals surface area contributed by atoms with Crippen molar-refractivity contribution in [3.05, 3.63) is 29.8 Å². The predicted octanol–water partition coefficient (Wildman–Crippen LogP) is 1.72. The van der Waals surface area contributed by atoms with Crippen LogP contribution in [0.5, 0.6) is 0 Å². The van der Waals surface area contributed by atoms with Gasteiger partial charge in [0.25, 0.3) is 0 Å². The van der Waals surface area contributed by atoms with Crippen LogP contribution in [-0.2, 0) is 16.0 Å². The number of likely N-dealkylation sites (N-methyl/N-ethyl adjacent to an activating group) is 1. The Bertz CT molecular complexity index is 528. The van der Waals surface area contributed by atoms with Gasteiger partial charge in [-0.05, 0) is 30.7 Å². The molecule has 0 aromatic heterocycles. The first kappa shape index (κ1) is 17.5. The van der Waals surface area contributed by atoms with Crippen LogP contribution in [0.1, 0.15) is 32.3 Å². The molecule has 0 saturated carbocycles. The van der Waals surface area contributed by atoms with E-state index >= 15 is 0 Å². The molecule has 1 heterocycles. The van der Waals surface area contributed by atoms with Crippen molar-refractivity contribution in [1.29, 1.82) is 0 Å². The maximum absolute atomic E-state index is 12.2. The van der Waals surface area contributed by atoms with Gasteiger partial charge in [-0.25, -0.2) is 0 Å². The minimum absolute atomic E-state index is 0.0265. The van der Waals surface area contributed by atoms with Crippen LogP contribution in [0.25, 0.3) is 0 Å². The van der Waals surface area contributed by atoms with Gasteiger partial charge >= 0.3 is 0 Å². The Balaban J connectivity index is 1.90. The van der Waals surface area contributed by atoms with Crippen LogP contribution >= 0.6 is 0 Å². The molecule has 1 aromatic rings. The highest BCUT2D eigenvalue weighted by Crippen LogP contribution is 2.25. The van der Waals surface area contributed by atoms with E-state index in [9.17, 15) is 9.59 Å². The number of aryl methyl sites for hydroxylation is 1. The Morgan fingerprint density at radius 2 is 1.96 bits per heavy atom. The van der Waals surface area contributed by atoms with E-state index in [1.54, 1.807) is 4.90 Å². The lowest BCUT2D eigenvalue weighted by Crippen LogP contribution is -2.37. The van der Waals surface area contributed by atoms with Crippen LogP contribution < -0.4 is 15.5 Å². The summed E-state index contributed by atoms with van der Waals surface area (Å²) in [5.74, 6) is -0.249. The fraction of sp³-hybridized carbons (Fsp3) is 0.556. The first-order chi connectivity index (χ1) is 11.2. The molecule has 0 aliphatic carbocycles. The highest BCUT2D eigenvalue weighted by atomic mass is 16.2. The average molecular weight is 317 g/mol. The predicted molar refractivity (Wildman–Crippen MR) is 92.5 cm³/mol. The number of anilines is 1. The van der Waals surface area contributed by atoms with E-state index in [4.69, 9.17) is 0 Å². The third-order valence-electron chi connectivity index (χ3n) is 4.13. The van der Waals surface area contributed by atoms with Crippen LogP contribution in [0, 0.1) is 5.92 Å². The molecule has 1 aromatic carbocycles. The first-order valence-corrected chi connectivity index (χ1v) is 8.53. The van der Waals surface area contributed by atoms with Crippen LogP contribution in [-0.4, -0.2) is 38.0 Å². The topological polar surface area (TPSA) is 61.4 Å². The van der Waals surface area contributed by atoms with Gasteiger partial charge in [-0.15, -0.1) is 0 Å². The molecule has 5 heteroatoms. The number of carbonyl (C=O) groups excluding carboxylic acids is 2. The van der Waals surface area contributed by atoms with Crippen LogP contribution in [0.3, 0.4) is 0 Å². The number of carbonyl (C=O) groups is 2. The largest absolute Gasteiger partial charge is 0.355 e. The van der Waals surface area contributed by atoms with Crippen molar-refractivity contribution in [3.63, 3.8) is 0 Å². The van der Waals surface area contributed by atoms with Gasteiger partial charge in [0.1, 0.15) is 0 Å². The van der Waals surface area contributed by atoms with E-state index in [2.05, 4.69) is 29.7 Å². The van der Waals surface area contributed by atoms with Gasteiger partial charge in [-0.2, -0.15) is 0 Å². The van der Waals surface area contributed by atoms with Gasteiger partial charge in [-0.1, -0.05) is 32.4 Å². The summed E-state index contributed by atoms with van der Waals surface area (Å²) in [5.41, 5.74) is 2.17. The van der Waals surface area contributed by atoms with E-state index in [1.807, 2.05) is 19.1 Å². The number of nitrogens with one attached hydrogen (secondary N) is 2. The SMILES string of the molecule is CCCc1ccc(N2CC(C(=O)NCCNCC)CC2=O)cc1. The normalized spacial score (nSPS) is 17.6. The molecule has 23 heavy (non-hydrogen) atoms. The lowest BCUT2D eigenvalue weighted by atomic mass is 10.1. The van der Waals surface area contributed by atoms with Gasteiger partial charge in [-0.3, -0.25) is 9.59 Å². The van der Waals surface area contributed by atoms with E-state index in [0.29, 0.717) is 19.5 Å². The number of hydrogen-bond acceptors (Lipinski definition) is 3. The molecule has 1 fully saturated rings. The van der Waals surface area contributed by atoms with Crippen molar-refractivity contribution in [3.8, 4) is 0 Å². The van der Waals surface area contributed by atoms with E-state index in [0.717, 1.165) is 31.6 Å². The maximum Gasteiger partial charge on any atom is 0.227 e. The molecule has 0 radical (unpaired) electrons. The second-order valence-corrected chi connectivity index (χ2v) is 5.97. The zero-order valence-electron chi connectivity index (χ0n) is 14.1. The molecular weight excluding hydrogens is 290 g/mol. The van der Waals surface area contributed by atoms with Gasteiger partial charge in [0, 0.05) is 31.7 Å². The molecule has 1 saturated heterocycles. The van der Waals surface area contributed by atoms with E-state index < -0.39 is 0 Å². The molecule has 0 spiro atoms. The van der Waals surface area contributed by atoms with Crippen LogP contribution in [0.4, 0.5) is 5.69 Å². The molecule has 1 aliphatic heterocycles. The Labute approximate surface area is 138 Å². The Morgan fingerprint density at radius 3 is 2.61 bits per heavy atom. The van der Waals surface area contributed by atoms with Gasteiger partial charge < -0.3 is 15.5 Å². The van der Waals surface area contributed by atoms with Gasteiger partial charge in [0.05, 0.1) is 5.92 Å². The Kier molecular flexibility index (Phi) is 6.59. The zero-order chi connectivity index (χ0) is 16.7. The van der Waals surface area contributed by atoms with Crippen LogP contribution in [0.15, 0.2) is 24.3 Å². The summed E-state index contributed by atoms with van der Waals surface area (Å²) in [4.78, 5) is 26.1. The summed E-state index contributed by atoms with van der Waals surface area (Å²) in [6, 6.07) is 8.09. The third-order valence-corrected chi connectivity index (χ3v) is 4.13. The summed E-state index contributed by atoms with van der Waals surface area (Å²) in [6.07, 6.45) is 2.45. The van der Waals surface area contributed by atoms with Gasteiger partial charge in [0.2, 0.25) is 11.8 Å². The number of amides is 2. The molecule has 2 rings (SSSR count). The highest BCUT2D eigenvalue weighted by molar-refractivity contribution is 6.00. The summed E-state index contributed by atoms with van der Waals surface area (Å²) in [5, 5.41) is 6.06. The Morgan fingerprint density at radius 1 is 1.22 bits per heavy atom. The van der Waals surface area contributed by atoms with Crippen molar-refractivity contribution >= 4 is 17.5 Å². The number of rotatable bonds is 8. The number of hydrogen-bond donors (Lipinski definition) is 2. The van der Waals surface area contributed by atoms with E-state index in [1.165, 1.54) is 5.56 Å². The smallest absolute Gasteiger partial charge is 0.227 e. The second-order valence-electron chi connectivity index (χ2n) is 5.97. The molecule has 1 atom stereocenters. The van der Waals surface area contributed by atoms with Crippen molar-refractivity contribution in [2.24, 2.45) is 5.92 Å². The zero-order valence-corrected chi connectivity index (χ0v) is 14.1. The molecule has 1 aliphatic rings. The number of nitrogens with zero attached hydrogens (tertiary/aromatic N) is 1. The van der Waals surface area contributed by atoms with Crippen molar-refractivity contribution in [2.75, 3.05) is 31.1 Å². The fourth-order valence-corrected chi connectivity index (χ4v) is 2.86. The molecule has 1 unspecified atom stereocenters. The quantitative estimate of drug-likeness (QED) is 0.718. The summed E-state index contributed by atoms with van der Waals surface area (Å²) in [6.45, 7) is 6.89. The summed E-state index contributed by atoms with van der Waals surface area (Å²) >= 11 is 0. The summed E-state index contributed by atoms with van der Waals surface area (Å²) in [7, 11) is 0. The maximum atomic E-state index is 12.2. The highest BCUT2D eigenvalue weighted by Gasteiger charge is 2.34. The molecule has 2 amide bonds. The lowest BCUT2D eigenvalue weighted by Gasteiger charge is -2.17. The fourth-order valence-electron chi connectivity index (χ4n) is 2.86. The average Bonchev–Trinajstić information content (AvgIpc) is 2.94. The van der Waals surface area contributed by atoms with Crippen molar-refractivity contribution in [1.82, 2.24) is 10.6 Å². The minimum atomic E-state index is -0.251. The minimum Gasteiger partial charge on any atom is -0.355 e. The first-order valence-electron chi connectivity index (χ1n) is 8.53. The van der Waals surface area contributed by atoms with Crippen LogP contribution in [0.2, 0.25) is 0 Å². The molecule has 126 valence electrons. The van der Waals surface area contributed by atoms with Crippen molar-refractivity contribution < 1.29 is 9.59 Å². The monoisotopic (exact) mass is 317 g/mol. The molecule has 0 bridgehead atoms. The van der Waals surface area contributed by atoms with Gasteiger partial charge in [0.15, 0.2) is 0 Å². The standard InChI is InChI=1S/C18H27N3O2/c1-3-5-14-6-8-16(9-7-14)21-13-15(12-17(21)22)18(23)20-11-10-19-4-2/h6-9,15,19H,3-5,10-13H2,1-2H3,(H,20,23). The lowest BCUT2D eigenvalue weighted by molar-refractivity contribution is -0.126. The number of benzene rings is 1. The molecule has 2 N–H and O–H groups in total. The van der Waals surface area contributed by atoms with E-state index in [-0.39, 0.29) is 17.7 Å². The van der Waals surface area contributed by atoms with Crippen molar-refractivity contribution in [2.45, 2.75) is 33.1 Å². The Hall–Kier alpha value is -1.88. The molecular formula is C18H27N3O2. The third kappa shape index (κ3) is 4.79. The molecule has 5 nitrogen and oxygen atoms in total.